The zero-order chi connectivity index (χ0) is 22.0. The quantitative estimate of drug-likeness (QED) is 0.414. The van der Waals surface area contributed by atoms with Gasteiger partial charge in [0, 0.05) is 21.3 Å². The molecule has 0 spiro atoms. The van der Waals surface area contributed by atoms with Crippen molar-refractivity contribution >= 4 is 43.9 Å². The van der Waals surface area contributed by atoms with Gasteiger partial charge in [0.05, 0.1) is 0 Å². The lowest BCUT2D eigenvalue weighted by molar-refractivity contribution is -0.139. The molecule has 4 rings (SSSR count). The summed E-state index contributed by atoms with van der Waals surface area (Å²) in [6.07, 6.45) is -0.615. The van der Waals surface area contributed by atoms with Gasteiger partial charge in [-0.25, -0.2) is 9.59 Å². The van der Waals surface area contributed by atoms with Crippen molar-refractivity contribution in [3.63, 3.8) is 0 Å². The average molecular weight is 545 g/mol. The number of amides is 1. The second-order valence-electron chi connectivity index (χ2n) is 7.30. The van der Waals surface area contributed by atoms with E-state index in [1.165, 1.54) is 0 Å². The maximum Gasteiger partial charge on any atom is 0.407 e. The number of aliphatic carboxylic acids is 1. The van der Waals surface area contributed by atoms with Crippen LogP contribution in [0.1, 0.15) is 22.6 Å². The lowest BCUT2D eigenvalue weighted by Crippen LogP contribution is -2.43. The van der Waals surface area contributed by atoms with Gasteiger partial charge in [0.15, 0.2) is 0 Å². The van der Waals surface area contributed by atoms with Gasteiger partial charge in [0.1, 0.15) is 12.6 Å². The van der Waals surface area contributed by atoms with Crippen molar-refractivity contribution < 1.29 is 19.4 Å². The number of ether oxygens (including phenoxy) is 1. The normalized spacial score (nSPS) is 13.2. The van der Waals surface area contributed by atoms with E-state index in [9.17, 15) is 14.7 Å². The van der Waals surface area contributed by atoms with Crippen LogP contribution in [0.15, 0.2) is 75.7 Å². The first kappa shape index (κ1) is 21.6. The first-order chi connectivity index (χ1) is 14.9. The molecule has 0 fully saturated rings. The van der Waals surface area contributed by atoms with Gasteiger partial charge in [-0.2, -0.15) is 0 Å². The van der Waals surface area contributed by atoms with Crippen LogP contribution in [0.3, 0.4) is 0 Å². The third kappa shape index (κ3) is 4.67. The smallest absolute Gasteiger partial charge is 0.407 e. The maximum absolute atomic E-state index is 12.5. The van der Waals surface area contributed by atoms with E-state index in [4.69, 9.17) is 4.74 Å². The Bertz CT molecular complexity index is 1100. The first-order valence-electron chi connectivity index (χ1n) is 9.72. The van der Waals surface area contributed by atoms with E-state index < -0.39 is 18.1 Å². The second kappa shape index (κ2) is 9.24. The van der Waals surface area contributed by atoms with Crippen molar-refractivity contribution in [2.24, 2.45) is 0 Å². The van der Waals surface area contributed by atoms with E-state index in [2.05, 4.69) is 49.3 Å². The second-order valence-corrected chi connectivity index (χ2v) is 9.07. The van der Waals surface area contributed by atoms with Crippen molar-refractivity contribution in [3.05, 3.63) is 92.4 Å². The molecule has 0 bridgehead atoms. The van der Waals surface area contributed by atoms with Gasteiger partial charge in [-0.15, -0.1) is 0 Å². The zero-order valence-corrected chi connectivity index (χ0v) is 19.5. The number of carbonyl (C=O) groups is 2. The summed E-state index contributed by atoms with van der Waals surface area (Å²) < 4.78 is 7.12. The molecule has 0 radical (unpaired) electrons. The highest BCUT2D eigenvalue weighted by molar-refractivity contribution is 9.11. The highest BCUT2D eigenvalue weighted by Gasteiger charge is 2.30. The fraction of sp³-hybridized carbons (Fsp3) is 0.167. The van der Waals surface area contributed by atoms with Gasteiger partial charge >= 0.3 is 12.1 Å². The van der Waals surface area contributed by atoms with Crippen LogP contribution in [0.5, 0.6) is 0 Å². The van der Waals surface area contributed by atoms with Crippen LogP contribution >= 0.6 is 31.9 Å². The molecular formula is C24H19Br2NO4. The lowest BCUT2D eigenvalue weighted by atomic mass is 9.98. The summed E-state index contributed by atoms with van der Waals surface area (Å²) in [4.78, 5) is 24.2. The number of alkyl carbamates (subject to hydrolysis) is 1. The summed E-state index contributed by atoms with van der Waals surface area (Å²) >= 11 is 6.80. The van der Waals surface area contributed by atoms with Gasteiger partial charge in [-0.3, -0.25) is 0 Å². The van der Waals surface area contributed by atoms with Crippen LogP contribution in [-0.4, -0.2) is 29.8 Å². The molecular weight excluding hydrogens is 526 g/mol. The predicted octanol–water partition coefficient (Wildman–Crippen LogP) is 5.75. The Labute approximate surface area is 196 Å². The number of carboxylic acid groups (broad SMARTS) is 1. The molecule has 5 nitrogen and oxygen atoms in total. The molecule has 0 aliphatic heterocycles. The molecule has 31 heavy (non-hydrogen) atoms. The minimum Gasteiger partial charge on any atom is -0.480 e. The topological polar surface area (TPSA) is 75.6 Å². The number of hydrogen-bond donors (Lipinski definition) is 2. The third-order valence-corrected chi connectivity index (χ3v) is 6.60. The number of nitrogens with one attached hydrogen (secondary N) is 1. The Balaban J connectivity index is 1.44. The molecule has 7 heteroatoms. The standard InChI is InChI=1S/C24H19Br2NO4/c25-15-10-9-14(21(26)12-15)11-22(23(28)29)27-24(30)31-13-20-18-7-3-1-5-16(18)17-6-2-4-8-19(17)20/h1-10,12,20,22H,11,13H2,(H,27,30)(H,28,29). The fourth-order valence-corrected chi connectivity index (χ4v) is 5.10. The monoisotopic (exact) mass is 543 g/mol. The van der Waals surface area contributed by atoms with Crippen LogP contribution in [0, 0.1) is 0 Å². The minimum atomic E-state index is -1.12. The number of fused-ring (bicyclic) bond motifs is 3. The van der Waals surface area contributed by atoms with Gasteiger partial charge in [0.2, 0.25) is 0 Å². The van der Waals surface area contributed by atoms with E-state index in [0.29, 0.717) is 0 Å². The van der Waals surface area contributed by atoms with E-state index in [0.717, 1.165) is 36.8 Å². The predicted molar refractivity (Wildman–Crippen MR) is 125 cm³/mol. The Morgan fingerprint density at radius 1 is 0.968 bits per heavy atom. The molecule has 158 valence electrons. The third-order valence-electron chi connectivity index (χ3n) is 5.37. The Morgan fingerprint density at radius 2 is 1.58 bits per heavy atom. The summed E-state index contributed by atoms with van der Waals surface area (Å²) in [7, 11) is 0. The number of halogens is 2. The zero-order valence-electron chi connectivity index (χ0n) is 16.3. The highest BCUT2D eigenvalue weighted by atomic mass is 79.9. The van der Waals surface area contributed by atoms with E-state index in [1.807, 2.05) is 54.6 Å². The number of carbonyl (C=O) groups excluding carboxylic acids is 1. The fourth-order valence-electron chi connectivity index (χ4n) is 3.89. The number of carboxylic acids is 1. The van der Waals surface area contributed by atoms with Gasteiger partial charge < -0.3 is 15.2 Å². The lowest BCUT2D eigenvalue weighted by Gasteiger charge is -2.18. The minimum absolute atomic E-state index is 0.0814. The molecule has 0 heterocycles. The number of hydrogen-bond acceptors (Lipinski definition) is 3. The molecule has 2 N–H and O–H groups in total. The molecule has 0 saturated heterocycles. The molecule has 1 aliphatic rings. The average Bonchev–Trinajstić information content (AvgIpc) is 3.07. The summed E-state index contributed by atoms with van der Waals surface area (Å²) in [6.45, 7) is 0.133. The van der Waals surface area contributed by atoms with Crippen LogP contribution < -0.4 is 5.32 Å². The van der Waals surface area contributed by atoms with Crippen molar-refractivity contribution in [2.45, 2.75) is 18.4 Å². The van der Waals surface area contributed by atoms with Crippen molar-refractivity contribution in [1.82, 2.24) is 5.32 Å². The van der Waals surface area contributed by atoms with E-state index >= 15 is 0 Å². The van der Waals surface area contributed by atoms with Crippen molar-refractivity contribution in [1.29, 1.82) is 0 Å². The van der Waals surface area contributed by atoms with E-state index in [-0.39, 0.29) is 18.9 Å². The molecule has 1 aliphatic carbocycles. The van der Waals surface area contributed by atoms with Crippen LogP contribution in [0.25, 0.3) is 11.1 Å². The molecule has 1 unspecified atom stereocenters. The molecule has 0 aromatic heterocycles. The van der Waals surface area contributed by atoms with Gasteiger partial charge in [-0.05, 0) is 39.9 Å². The molecule has 3 aromatic carbocycles. The summed E-state index contributed by atoms with van der Waals surface area (Å²) in [5.74, 6) is -1.20. The molecule has 1 atom stereocenters. The SMILES string of the molecule is O=C(NC(Cc1ccc(Br)cc1Br)C(=O)O)OCC1c2ccccc2-c2ccccc21. The molecule has 0 saturated carbocycles. The summed E-state index contributed by atoms with van der Waals surface area (Å²) in [5.41, 5.74) is 5.25. The van der Waals surface area contributed by atoms with Gasteiger partial charge in [0.25, 0.3) is 0 Å². The van der Waals surface area contributed by atoms with Gasteiger partial charge in [-0.1, -0.05) is 86.5 Å². The maximum atomic E-state index is 12.5. The van der Waals surface area contributed by atoms with Crippen LogP contribution in [0.2, 0.25) is 0 Å². The highest BCUT2D eigenvalue weighted by Crippen LogP contribution is 2.44. The van der Waals surface area contributed by atoms with Crippen LogP contribution in [0.4, 0.5) is 4.79 Å². The number of benzene rings is 3. The largest absolute Gasteiger partial charge is 0.480 e. The number of rotatable bonds is 6. The Morgan fingerprint density at radius 3 is 2.16 bits per heavy atom. The summed E-state index contributed by atoms with van der Waals surface area (Å²) in [5, 5.41) is 12.1. The first-order valence-corrected chi connectivity index (χ1v) is 11.3. The molecule has 3 aromatic rings. The Kier molecular flexibility index (Phi) is 6.43. The van der Waals surface area contributed by atoms with Crippen LogP contribution in [-0.2, 0) is 16.0 Å². The Hall–Kier alpha value is -2.64. The summed E-state index contributed by atoms with van der Waals surface area (Å²) in [6, 6.07) is 20.5. The van der Waals surface area contributed by atoms with Crippen molar-refractivity contribution in [3.8, 4) is 11.1 Å². The van der Waals surface area contributed by atoms with E-state index in [1.54, 1.807) is 0 Å². The van der Waals surface area contributed by atoms with Crippen molar-refractivity contribution in [2.75, 3.05) is 6.61 Å². The molecule has 1 amide bonds.